The summed E-state index contributed by atoms with van der Waals surface area (Å²) in [5.41, 5.74) is 5.43. The summed E-state index contributed by atoms with van der Waals surface area (Å²) in [5.74, 6) is 0.503. The second kappa shape index (κ2) is 8.51. The van der Waals surface area contributed by atoms with Crippen LogP contribution in [0.25, 0.3) is 16.9 Å². The zero-order valence-corrected chi connectivity index (χ0v) is 17.3. The number of rotatable bonds is 7. The molecule has 0 bridgehead atoms. The summed E-state index contributed by atoms with van der Waals surface area (Å²) >= 11 is 0. The summed E-state index contributed by atoms with van der Waals surface area (Å²) in [7, 11) is 3.67. The molecule has 0 aliphatic carbocycles. The predicted molar refractivity (Wildman–Crippen MR) is 114 cm³/mol. The van der Waals surface area contributed by atoms with Gasteiger partial charge in [-0.25, -0.2) is 9.07 Å². The standard InChI is InChI=1S/C23H24FN5O/c1-16-11-20(26-25-16)15-28(2)13-18-14-29(21-7-9-22(30-3)10-8-21)27-23(18)17-5-4-6-19(24)12-17/h4-12,14H,13,15H2,1-3H3,(H,25,26). The van der Waals surface area contributed by atoms with Crippen molar-refractivity contribution in [3.63, 3.8) is 0 Å². The Balaban J connectivity index is 1.66. The largest absolute Gasteiger partial charge is 0.497 e. The number of aromatic nitrogens is 4. The van der Waals surface area contributed by atoms with Crippen LogP contribution in [0, 0.1) is 12.7 Å². The molecule has 6 nitrogen and oxygen atoms in total. The van der Waals surface area contributed by atoms with Crippen molar-refractivity contribution >= 4 is 0 Å². The van der Waals surface area contributed by atoms with Gasteiger partial charge in [0.2, 0.25) is 0 Å². The molecule has 0 radical (unpaired) electrons. The molecule has 0 fully saturated rings. The molecule has 0 unspecified atom stereocenters. The highest BCUT2D eigenvalue weighted by Crippen LogP contribution is 2.26. The number of aromatic amines is 1. The molecule has 154 valence electrons. The summed E-state index contributed by atoms with van der Waals surface area (Å²) in [6, 6.07) is 16.3. The molecule has 7 heteroatoms. The Morgan fingerprint density at radius 1 is 1.10 bits per heavy atom. The Hall–Kier alpha value is -3.45. The molecule has 2 aromatic carbocycles. The lowest BCUT2D eigenvalue weighted by Crippen LogP contribution is -2.17. The Morgan fingerprint density at radius 2 is 1.90 bits per heavy atom. The van der Waals surface area contributed by atoms with Gasteiger partial charge in [-0.15, -0.1) is 0 Å². The van der Waals surface area contributed by atoms with E-state index in [-0.39, 0.29) is 5.82 Å². The normalized spacial score (nSPS) is 11.2. The van der Waals surface area contributed by atoms with Gasteiger partial charge in [0, 0.05) is 36.1 Å². The molecule has 0 atom stereocenters. The number of benzene rings is 2. The van der Waals surface area contributed by atoms with Crippen LogP contribution in [-0.4, -0.2) is 39.0 Å². The summed E-state index contributed by atoms with van der Waals surface area (Å²) in [6.07, 6.45) is 1.99. The Labute approximate surface area is 174 Å². The molecule has 2 aromatic heterocycles. The van der Waals surface area contributed by atoms with Crippen LogP contribution >= 0.6 is 0 Å². The molecular weight excluding hydrogens is 381 g/mol. The number of aryl methyl sites for hydroxylation is 1. The predicted octanol–water partition coefficient (Wildman–Crippen LogP) is 4.35. The first-order chi connectivity index (χ1) is 14.5. The minimum absolute atomic E-state index is 0.280. The monoisotopic (exact) mass is 405 g/mol. The van der Waals surface area contributed by atoms with Crippen molar-refractivity contribution in [2.24, 2.45) is 0 Å². The molecule has 0 saturated heterocycles. The van der Waals surface area contributed by atoms with Crippen LogP contribution < -0.4 is 4.74 Å². The SMILES string of the molecule is COc1ccc(-n2cc(CN(C)Cc3cc(C)[nH]n3)c(-c3cccc(F)c3)n2)cc1. The Kier molecular flexibility index (Phi) is 5.63. The van der Waals surface area contributed by atoms with E-state index in [2.05, 4.69) is 15.1 Å². The fraction of sp³-hybridized carbons (Fsp3) is 0.217. The van der Waals surface area contributed by atoms with Gasteiger partial charge in [0.15, 0.2) is 0 Å². The van der Waals surface area contributed by atoms with E-state index in [0.29, 0.717) is 13.1 Å². The highest BCUT2D eigenvalue weighted by molar-refractivity contribution is 5.63. The molecule has 0 aliphatic rings. The fourth-order valence-corrected chi connectivity index (χ4v) is 3.45. The van der Waals surface area contributed by atoms with Crippen LogP contribution in [0.3, 0.4) is 0 Å². The average Bonchev–Trinajstić information content (AvgIpc) is 3.34. The van der Waals surface area contributed by atoms with Gasteiger partial charge >= 0.3 is 0 Å². The number of H-pyrrole nitrogens is 1. The van der Waals surface area contributed by atoms with E-state index in [1.807, 2.05) is 61.2 Å². The van der Waals surface area contributed by atoms with E-state index in [9.17, 15) is 4.39 Å². The van der Waals surface area contributed by atoms with Crippen LogP contribution in [-0.2, 0) is 13.1 Å². The summed E-state index contributed by atoms with van der Waals surface area (Å²) < 4.78 is 20.9. The first-order valence-corrected chi connectivity index (χ1v) is 9.70. The Morgan fingerprint density at radius 3 is 2.57 bits per heavy atom. The number of hydrogen-bond donors (Lipinski definition) is 1. The lowest BCUT2D eigenvalue weighted by atomic mass is 10.1. The smallest absolute Gasteiger partial charge is 0.123 e. The fourth-order valence-electron chi connectivity index (χ4n) is 3.45. The van der Waals surface area contributed by atoms with E-state index in [1.165, 1.54) is 12.1 Å². The number of nitrogens with one attached hydrogen (secondary N) is 1. The molecule has 4 aromatic rings. The minimum Gasteiger partial charge on any atom is -0.497 e. The van der Waals surface area contributed by atoms with Gasteiger partial charge in [-0.2, -0.15) is 10.2 Å². The number of methoxy groups -OCH3 is 1. The van der Waals surface area contributed by atoms with Crippen molar-refractivity contribution in [3.8, 4) is 22.7 Å². The molecule has 1 N–H and O–H groups in total. The third-order valence-electron chi connectivity index (χ3n) is 4.86. The highest BCUT2D eigenvalue weighted by atomic mass is 19.1. The van der Waals surface area contributed by atoms with E-state index >= 15 is 0 Å². The quantitative estimate of drug-likeness (QED) is 0.497. The number of nitrogens with zero attached hydrogens (tertiary/aromatic N) is 4. The van der Waals surface area contributed by atoms with Gasteiger partial charge in [-0.3, -0.25) is 10.00 Å². The molecule has 0 aliphatic heterocycles. The topological polar surface area (TPSA) is 59.0 Å². The number of ether oxygens (including phenoxy) is 1. The molecule has 0 amide bonds. The van der Waals surface area contributed by atoms with Gasteiger partial charge in [-0.05, 0) is 56.4 Å². The van der Waals surface area contributed by atoms with Gasteiger partial charge in [0.25, 0.3) is 0 Å². The molecule has 4 rings (SSSR count). The van der Waals surface area contributed by atoms with Crippen molar-refractivity contribution in [3.05, 3.63) is 83.6 Å². The third-order valence-corrected chi connectivity index (χ3v) is 4.86. The molecule has 2 heterocycles. The first kappa shape index (κ1) is 19.8. The summed E-state index contributed by atoms with van der Waals surface area (Å²) in [4.78, 5) is 2.16. The maximum absolute atomic E-state index is 13.9. The Bertz CT molecular complexity index is 1130. The minimum atomic E-state index is -0.280. The van der Waals surface area contributed by atoms with Crippen molar-refractivity contribution in [2.45, 2.75) is 20.0 Å². The zero-order chi connectivity index (χ0) is 21.1. The second-order valence-electron chi connectivity index (χ2n) is 7.37. The number of hydrogen-bond acceptors (Lipinski definition) is 4. The second-order valence-corrected chi connectivity index (χ2v) is 7.37. The van der Waals surface area contributed by atoms with Gasteiger partial charge in [-0.1, -0.05) is 12.1 Å². The van der Waals surface area contributed by atoms with Crippen molar-refractivity contribution in [1.29, 1.82) is 0 Å². The van der Waals surface area contributed by atoms with Gasteiger partial charge < -0.3 is 4.74 Å². The number of halogens is 1. The molecule has 0 saturated carbocycles. The van der Waals surface area contributed by atoms with E-state index in [0.717, 1.165) is 39.6 Å². The van der Waals surface area contributed by atoms with E-state index in [1.54, 1.807) is 13.2 Å². The van der Waals surface area contributed by atoms with Gasteiger partial charge in [0.05, 0.1) is 24.2 Å². The summed E-state index contributed by atoms with van der Waals surface area (Å²) in [6.45, 7) is 3.33. The van der Waals surface area contributed by atoms with Gasteiger partial charge in [0.1, 0.15) is 11.6 Å². The maximum atomic E-state index is 13.9. The summed E-state index contributed by atoms with van der Waals surface area (Å²) in [5, 5.41) is 12.1. The average molecular weight is 405 g/mol. The molecule has 0 spiro atoms. The lowest BCUT2D eigenvalue weighted by Gasteiger charge is -2.15. The first-order valence-electron chi connectivity index (χ1n) is 9.70. The maximum Gasteiger partial charge on any atom is 0.123 e. The highest BCUT2D eigenvalue weighted by Gasteiger charge is 2.15. The van der Waals surface area contributed by atoms with Crippen molar-refractivity contribution in [2.75, 3.05) is 14.2 Å². The van der Waals surface area contributed by atoms with Crippen LogP contribution in [0.15, 0.2) is 60.8 Å². The van der Waals surface area contributed by atoms with E-state index in [4.69, 9.17) is 9.84 Å². The van der Waals surface area contributed by atoms with Crippen LogP contribution in [0.5, 0.6) is 5.75 Å². The van der Waals surface area contributed by atoms with Crippen LogP contribution in [0.4, 0.5) is 4.39 Å². The molecule has 30 heavy (non-hydrogen) atoms. The van der Waals surface area contributed by atoms with Crippen LogP contribution in [0.1, 0.15) is 17.0 Å². The van der Waals surface area contributed by atoms with Crippen molar-refractivity contribution in [1.82, 2.24) is 24.9 Å². The lowest BCUT2D eigenvalue weighted by molar-refractivity contribution is 0.315. The van der Waals surface area contributed by atoms with Crippen molar-refractivity contribution < 1.29 is 9.13 Å². The zero-order valence-electron chi connectivity index (χ0n) is 17.3. The van der Waals surface area contributed by atoms with Crippen LogP contribution in [0.2, 0.25) is 0 Å². The molecular formula is C23H24FN5O. The van der Waals surface area contributed by atoms with E-state index < -0.39 is 0 Å². The third kappa shape index (κ3) is 4.41.